The van der Waals surface area contributed by atoms with Crippen LogP contribution in [0.25, 0.3) is 0 Å². The third kappa shape index (κ3) is 6.58. The minimum atomic E-state index is -0.746. The zero-order valence-corrected chi connectivity index (χ0v) is 16.1. The summed E-state index contributed by atoms with van der Waals surface area (Å²) in [5.41, 5.74) is 0.820. The van der Waals surface area contributed by atoms with Crippen molar-refractivity contribution >= 4 is 29.1 Å². The third-order valence-corrected chi connectivity index (χ3v) is 3.99. The number of anilines is 1. The number of halogens is 1. The Morgan fingerprint density at radius 2 is 1.81 bits per heavy atom. The molecule has 27 heavy (non-hydrogen) atoms. The molecule has 2 N–H and O–H groups in total. The molecule has 2 aromatic rings. The summed E-state index contributed by atoms with van der Waals surface area (Å²) in [7, 11) is 1.61. The van der Waals surface area contributed by atoms with Crippen molar-refractivity contribution in [2.75, 3.05) is 25.6 Å². The Balaban J connectivity index is 1.98. The average molecular weight is 391 g/mol. The number of hydrogen-bond donors (Lipinski definition) is 2. The summed E-state index contributed by atoms with van der Waals surface area (Å²) in [4.78, 5) is 24.8. The number of ether oxygens (including phenoxy) is 2. The molecule has 1 unspecified atom stereocenters. The lowest BCUT2D eigenvalue weighted by molar-refractivity contribution is -0.122. The quantitative estimate of drug-likeness (QED) is 0.642. The van der Waals surface area contributed by atoms with Crippen LogP contribution in [0.5, 0.6) is 5.75 Å². The van der Waals surface area contributed by atoms with Crippen LogP contribution < -0.4 is 15.4 Å². The Labute approximate surface area is 163 Å². The van der Waals surface area contributed by atoms with E-state index in [0.717, 1.165) is 0 Å². The van der Waals surface area contributed by atoms with Crippen LogP contribution in [0.2, 0.25) is 5.02 Å². The van der Waals surface area contributed by atoms with Gasteiger partial charge in [0.2, 0.25) is 0 Å². The van der Waals surface area contributed by atoms with E-state index >= 15 is 0 Å². The summed E-state index contributed by atoms with van der Waals surface area (Å²) in [6, 6.07) is 13.6. The number of methoxy groups -OCH3 is 1. The topological polar surface area (TPSA) is 76.7 Å². The highest BCUT2D eigenvalue weighted by molar-refractivity contribution is 6.30. The van der Waals surface area contributed by atoms with Crippen LogP contribution in [-0.4, -0.2) is 38.2 Å². The number of amides is 2. The van der Waals surface area contributed by atoms with E-state index in [1.165, 1.54) is 0 Å². The molecular formula is C20H23ClN2O4. The average Bonchev–Trinajstić information content (AvgIpc) is 2.67. The van der Waals surface area contributed by atoms with Crippen LogP contribution in [0.3, 0.4) is 0 Å². The van der Waals surface area contributed by atoms with Gasteiger partial charge in [-0.05, 0) is 49.7 Å². The molecule has 2 aromatic carbocycles. The summed E-state index contributed by atoms with van der Waals surface area (Å²) in [6.45, 7) is 2.70. The second-order valence-electron chi connectivity index (χ2n) is 5.85. The number of benzene rings is 2. The lowest BCUT2D eigenvalue weighted by atomic mass is 10.1. The van der Waals surface area contributed by atoms with Gasteiger partial charge in [0, 0.05) is 25.3 Å². The molecule has 0 heterocycles. The monoisotopic (exact) mass is 390 g/mol. The molecule has 6 nitrogen and oxygen atoms in total. The molecule has 144 valence electrons. The number of carbonyl (C=O) groups is 2. The first-order chi connectivity index (χ1) is 13.0. The van der Waals surface area contributed by atoms with Gasteiger partial charge in [-0.2, -0.15) is 0 Å². The van der Waals surface area contributed by atoms with E-state index in [1.807, 2.05) is 0 Å². The Hall–Kier alpha value is -2.57. The second kappa shape index (κ2) is 10.5. The Kier molecular flexibility index (Phi) is 8.10. The number of rotatable bonds is 9. The van der Waals surface area contributed by atoms with Crippen molar-refractivity contribution in [2.45, 2.75) is 19.4 Å². The largest absolute Gasteiger partial charge is 0.481 e. The summed E-state index contributed by atoms with van der Waals surface area (Å²) in [5.74, 6) is -0.0796. The molecule has 1 atom stereocenters. The Morgan fingerprint density at radius 3 is 2.52 bits per heavy atom. The molecule has 0 radical (unpaired) electrons. The van der Waals surface area contributed by atoms with Gasteiger partial charge in [-0.15, -0.1) is 0 Å². The van der Waals surface area contributed by atoms with Crippen molar-refractivity contribution in [2.24, 2.45) is 0 Å². The van der Waals surface area contributed by atoms with Gasteiger partial charge in [-0.3, -0.25) is 9.59 Å². The minimum Gasteiger partial charge on any atom is -0.481 e. The predicted octanol–water partition coefficient (Wildman–Crippen LogP) is 3.51. The van der Waals surface area contributed by atoms with Crippen molar-refractivity contribution in [1.82, 2.24) is 5.32 Å². The highest BCUT2D eigenvalue weighted by atomic mass is 35.5. The zero-order chi connectivity index (χ0) is 19.6. The predicted molar refractivity (Wildman–Crippen MR) is 105 cm³/mol. The zero-order valence-electron chi connectivity index (χ0n) is 15.3. The van der Waals surface area contributed by atoms with E-state index in [1.54, 1.807) is 62.6 Å². The lowest BCUT2D eigenvalue weighted by Crippen LogP contribution is -2.32. The summed E-state index contributed by atoms with van der Waals surface area (Å²) in [5, 5.41) is 6.14. The normalized spacial score (nSPS) is 11.5. The third-order valence-electron chi connectivity index (χ3n) is 3.74. The molecule has 0 aromatic heterocycles. The van der Waals surface area contributed by atoms with Crippen LogP contribution in [-0.2, 0) is 9.53 Å². The Bertz CT molecular complexity index is 765. The van der Waals surface area contributed by atoms with Gasteiger partial charge < -0.3 is 20.1 Å². The SMILES string of the molecule is COCCCNC(=O)c1ccccc1NC(=O)C(C)Oc1ccc(Cl)cc1. The standard InChI is InChI=1S/C20H23ClN2O4/c1-14(27-16-10-8-15(21)9-11-16)19(24)23-18-7-4-3-6-17(18)20(25)22-12-5-13-26-2/h3-4,6-11,14H,5,12-13H2,1-2H3,(H,22,25)(H,23,24). The van der Waals surface area contributed by atoms with Gasteiger partial charge in [0.25, 0.3) is 11.8 Å². The van der Waals surface area contributed by atoms with Gasteiger partial charge >= 0.3 is 0 Å². The van der Waals surface area contributed by atoms with Gasteiger partial charge in [0.05, 0.1) is 11.3 Å². The van der Waals surface area contributed by atoms with Gasteiger partial charge in [-0.25, -0.2) is 0 Å². The maximum absolute atomic E-state index is 12.4. The van der Waals surface area contributed by atoms with Crippen molar-refractivity contribution in [3.05, 3.63) is 59.1 Å². The van der Waals surface area contributed by atoms with Crippen molar-refractivity contribution in [3.63, 3.8) is 0 Å². The van der Waals surface area contributed by atoms with E-state index in [4.69, 9.17) is 21.1 Å². The lowest BCUT2D eigenvalue weighted by Gasteiger charge is -2.16. The maximum atomic E-state index is 12.4. The van der Waals surface area contributed by atoms with Crippen molar-refractivity contribution in [3.8, 4) is 5.75 Å². The van der Waals surface area contributed by atoms with E-state index in [2.05, 4.69) is 10.6 Å². The molecule has 2 amide bonds. The fourth-order valence-electron chi connectivity index (χ4n) is 2.31. The summed E-state index contributed by atoms with van der Waals surface area (Å²) < 4.78 is 10.6. The Morgan fingerprint density at radius 1 is 1.11 bits per heavy atom. The summed E-state index contributed by atoms with van der Waals surface area (Å²) >= 11 is 5.84. The van der Waals surface area contributed by atoms with Gasteiger partial charge in [-0.1, -0.05) is 23.7 Å². The van der Waals surface area contributed by atoms with Crippen LogP contribution in [0, 0.1) is 0 Å². The molecule has 0 saturated heterocycles. The van der Waals surface area contributed by atoms with Crippen LogP contribution >= 0.6 is 11.6 Å². The van der Waals surface area contributed by atoms with Crippen molar-refractivity contribution in [1.29, 1.82) is 0 Å². The first-order valence-corrected chi connectivity index (χ1v) is 8.98. The van der Waals surface area contributed by atoms with E-state index in [9.17, 15) is 9.59 Å². The second-order valence-corrected chi connectivity index (χ2v) is 6.29. The van der Waals surface area contributed by atoms with Crippen LogP contribution in [0.4, 0.5) is 5.69 Å². The van der Waals surface area contributed by atoms with E-state index in [0.29, 0.717) is 41.6 Å². The molecular weight excluding hydrogens is 368 g/mol. The highest BCUT2D eigenvalue weighted by Crippen LogP contribution is 2.19. The number of hydrogen-bond acceptors (Lipinski definition) is 4. The van der Waals surface area contributed by atoms with Gasteiger partial charge in [0.15, 0.2) is 6.10 Å². The van der Waals surface area contributed by atoms with Crippen molar-refractivity contribution < 1.29 is 19.1 Å². The molecule has 2 rings (SSSR count). The first kappa shape index (κ1) is 20.7. The molecule has 0 spiro atoms. The summed E-state index contributed by atoms with van der Waals surface area (Å²) in [6.07, 6.45) is -0.0353. The molecule has 7 heteroatoms. The first-order valence-electron chi connectivity index (χ1n) is 8.60. The maximum Gasteiger partial charge on any atom is 0.265 e. The molecule has 0 aliphatic carbocycles. The molecule has 0 bridgehead atoms. The van der Waals surface area contributed by atoms with Crippen LogP contribution in [0.1, 0.15) is 23.7 Å². The molecule has 0 saturated carbocycles. The molecule has 0 aliphatic rings. The minimum absolute atomic E-state index is 0.256. The van der Waals surface area contributed by atoms with Crippen LogP contribution in [0.15, 0.2) is 48.5 Å². The number of carbonyl (C=O) groups excluding carboxylic acids is 2. The molecule has 0 fully saturated rings. The fraction of sp³-hybridized carbons (Fsp3) is 0.300. The smallest absolute Gasteiger partial charge is 0.265 e. The number of para-hydroxylation sites is 1. The molecule has 0 aliphatic heterocycles. The number of nitrogens with one attached hydrogen (secondary N) is 2. The fourth-order valence-corrected chi connectivity index (χ4v) is 2.43. The highest BCUT2D eigenvalue weighted by Gasteiger charge is 2.18. The van der Waals surface area contributed by atoms with Gasteiger partial charge in [0.1, 0.15) is 5.75 Å². The van der Waals surface area contributed by atoms with E-state index < -0.39 is 6.10 Å². The van der Waals surface area contributed by atoms with E-state index in [-0.39, 0.29) is 11.8 Å².